The maximum Gasteiger partial charge on any atom is 0.573 e. The van der Waals surface area contributed by atoms with Gasteiger partial charge in [-0.25, -0.2) is 4.99 Å². The van der Waals surface area contributed by atoms with Crippen LogP contribution in [0.5, 0.6) is 5.75 Å². The van der Waals surface area contributed by atoms with Crippen molar-refractivity contribution in [3.63, 3.8) is 0 Å². The molecule has 0 fully saturated rings. The Morgan fingerprint density at radius 3 is 2.36 bits per heavy atom. The van der Waals surface area contributed by atoms with Gasteiger partial charge in [0.15, 0.2) is 5.96 Å². The Morgan fingerprint density at radius 1 is 1.20 bits per heavy atom. The molecule has 9 heteroatoms. The Balaban J connectivity index is 0.00000576. The monoisotopic (exact) mass is 474 g/mol. The Kier molecular flexibility index (Phi) is 11.6. The minimum Gasteiger partial charge on any atom is -0.406 e. The predicted octanol–water partition coefficient (Wildman–Crippen LogP) is 3.34. The zero-order valence-electron chi connectivity index (χ0n) is 14.5. The fourth-order valence-corrected chi connectivity index (χ4v) is 2.12. The summed E-state index contributed by atoms with van der Waals surface area (Å²) in [5.74, 6) is 0.0649. The van der Waals surface area contributed by atoms with Crippen LogP contribution in [0.3, 0.4) is 0 Å². The Bertz CT molecular complexity index is 509. The van der Waals surface area contributed by atoms with Crippen molar-refractivity contribution in [3.05, 3.63) is 29.8 Å². The molecule has 5 nitrogen and oxygen atoms in total. The van der Waals surface area contributed by atoms with E-state index < -0.39 is 6.36 Å². The van der Waals surface area contributed by atoms with Crippen molar-refractivity contribution < 1.29 is 17.9 Å². The van der Waals surface area contributed by atoms with E-state index in [1.807, 2.05) is 0 Å². The van der Waals surface area contributed by atoms with Crippen LogP contribution in [-0.4, -0.2) is 43.4 Å². The standard InChI is InChI=1S/C16H25F3N4O.HI/c1-3-10-23(4-2)11-9-21-15(20)22-12-13-5-7-14(8-6-13)24-16(17,18)19;/h5-8H,3-4,9-12H2,1-2H3,(H3,20,21,22);1H. The molecule has 1 aromatic carbocycles. The van der Waals surface area contributed by atoms with Gasteiger partial charge in [0.2, 0.25) is 0 Å². The Morgan fingerprint density at radius 2 is 1.84 bits per heavy atom. The first-order valence-electron chi connectivity index (χ1n) is 7.95. The van der Waals surface area contributed by atoms with Crippen LogP contribution in [0.4, 0.5) is 13.2 Å². The Hall–Kier alpha value is -1.23. The molecule has 1 aromatic rings. The number of halogens is 4. The fraction of sp³-hybridized carbons (Fsp3) is 0.562. The molecule has 0 aliphatic heterocycles. The third kappa shape index (κ3) is 11.1. The topological polar surface area (TPSA) is 62.9 Å². The van der Waals surface area contributed by atoms with Gasteiger partial charge in [-0.2, -0.15) is 0 Å². The highest BCUT2D eigenvalue weighted by molar-refractivity contribution is 14.0. The van der Waals surface area contributed by atoms with E-state index in [2.05, 4.69) is 33.8 Å². The summed E-state index contributed by atoms with van der Waals surface area (Å²) >= 11 is 0. The minimum absolute atomic E-state index is 0. The Labute approximate surface area is 163 Å². The van der Waals surface area contributed by atoms with E-state index in [1.165, 1.54) is 24.3 Å². The lowest BCUT2D eigenvalue weighted by Gasteiger charge is -2.19. The molecule has 3 N–H and O–H groups in total. The number of hydrogen-bond acceptors (Lipinski definition) is 3. The van der Waals surface area contributed by atoms with Crippen molar-refractivity contribution in [1.29, 1.82) is 0 Å². The van der Waals surface area contributed by atoms with Crippen LogP contribution in [0.25, 0.3) is 0 Å². The summed E-state index contributed by atoms with van der Waals surface area (Å²) in [7, 11) is 0. The van der Waals surface area contributed by atoms with Crippen molar-refractivity contribution in [2.45, 2.75) is 33.2 Å². The molecule has 0 saturated heterocycles. The molecule has 25 heavy (non-hydrogen) atoms. The van der Waals surface area contributed by atoms with Gasteiger partial charge in [-0.3, -0.25) is 0 Å². The number of alkyl halides is 3. The lowest BCUT2D eigenvalue weighted by atomic mass is 10.2. The number of ether oxygens (including phenoxy) is 1. The molecule has 144 valence electrons. The van der Waals surface area contributed by atoms with Gasteiger partial charge in [0.05, 0.1) is 6.54 Å². The molecule has 0 saturated carbocycles. The average Bonchev–Trinajstić information content (AvgIpc) is 2.52. The van der Waals surface area contributed by atoms with E-state index in [0.717, 1.165) is 31.6 Å². The number of nitrogens with two attached hydrogens (primary N) is 1. The van der Waals surface area contributed by atoms with Gasteiger partial charge < -0.3 is 20.7 Å². The largest absolute Gasteiger partial charge is 0.573 e. The summed E-state index contributed by atoms with van der Waals surface area (Å²) in [6.45, 7) is 8.14. The first kappa shape index (κ1) is 23.8. The first-order chi connectivity index (χ1) is 11.3. The van der Waals surface area contributed by atoms with Gasteiger partial charge in [-0.05, 0) is 37.2 Å². The number of hydrogen-bond donors (Lipinski definition) is 2. The molecule has 0 aliphatic carbocycles. The quantitative estimate of drug-likeness (QED) is 0.328. The zero-order chi connectivity index (χ0) is 18.0. The molecular weight excluding hydrogens is 448 g/mol. The smallest absolute Gasteiger partial charge is 0.406 e. The van der Waals surface area contributed by atoms with Gasteiger partial charge in [-0.15, -0.1) is 37.1 Å². The normalized spacial score (nSPS) is 12.0. The summed E-state index contributed by atoms with van der Waals surface area (Å²) in [5.41, 5.74) is 6.53. The summed E-state index contributed by atoms with van der Waals surface area (Å²) in [6, 6.07) is 5.56. The van der Waals surface area contributed by atoms with Crippen LogP contribution in [0, 0.1) is 0 Å². The SMILES string of the molecule is CCCN(CC)CCNC(N)=NCc1ccc(OC(F)(F)F)cc1.I. The van der Waals surface area contributed by atoms with E-state index in [4.69, 9.17) is 5.73 Å². The number of benzene rings is 1. The van der Waals surface area contributed by atoms with Crippen molar-refractivity contribution in [3.8, 4) is 5.75 Å². The van der Waals surface area contributed by atoms with E-state index in [1.54, 1.807) is 0 Å². The van der Waals surface area contributed by atoms with Gasteiger partial charge in [0.25, 0.3) is 0 Å². The van der Waals surface area contributed by atoms with Crippen molar-refractivity contribution in [2.75, 3.05) is 26.2 Å². The molecule has 0 aromatic heterocycles. The summed E-state index contributed by atoms with van der Waals surface area (Å²) < 4.78 is 40.0. The molecule has 0 heterocycles. The van der Waals surface area contributed by atoms with E-state index in [9.17, 15) is 13.2 Å². The number of likely N-dealkylation sites (N-methyl/N-ethyl adjacent to an activating group) is 1. The summed E-state index contributed by atoms with van der Waals surface area (Å²) in [5, 5.41) is 3.03. The predicted molar refractivity (Wildman–Crippen MR) is 104 cm³/mol. The molecule has 0 unspecified atom stereocenters. The third-order valence-corrected chi connectivity index (χ3v) is 3.31. The molecule has 0 atom stereocenters. The maximum absolute atomic E-state index is 12.1. The molecule has 0 amide bonds. The van der Waals surface area contributed by atoms with Gasteiger partial charge in [0, 0.05) is 13.1 Å². The molecule has 0 bridgehead atoms. The van der Waals surface area contributed by atoms with Crippen LogP contribution in [-0.2, 0) is 6.54 Å². The lowest BCUT2D eigenvalue weighted by molar-refractivity contribution is -0.274. The summed E-state index contributed by atoms with van der Waals surface area (Å²) in [4.78, 5) is 6.47. The fourth-order valence-electron chi connectivity index (χ4n) is 2.12. The van der Waals surface area contributed by atoms with Crippen LogP contribution < -0.4 is 15.8 Å². The minimum atomic E-state index is -4.68. The second kappa shape index (κ2) is 12.2. The highest BCUT2D eigenvalue weighted by atomic mass is 127. The van der Waals surface area contributed by atoms with Crippen molar-refractivity contribution >= 4 is 29.9 Å². The van der Waals surface area contributed by atoms with E-state index >= 15 is 0 Å². The van der Waals surface area contributed by atoms with Crippen molar-refractivity contribution in [2.24, 2.45) is 10.7 Å². The highest BCUT2D eigenvalue weighted by Crippen LogP contribution is 2.22. The van der Waals surface area contributed by atoms with E-state index in [0.29, 0.717) is 12.5 Å². The number of nitrogens with zero attached hydrogens (tertiary/aromatic N) is 2. The van der Waals surface area contributed by atoms with Crippen LogP contribution in [0.15, 0.2) is 29.3 Å². The zero-order valence-corrected chi connectivity index (χ0v) is 16.8. The molecular formula is C16H26F3IN4O. The van der Waals surface area contributed by atoms with E-state index in [-0.39, 0.29) is 36.3 Å². The molecule has 0 spiro atoms. The number of nitrogens with one attached hydrogen (secondary N) is 1. The van der Waals surface area contributed by atoms with Gasteiger partial charge >= 0.3 is 6.36 Å². The second-order valence-corrected chi connectivity index (χ2v) is 5.25. The van der Waals surface area contributed by atoms with Crippen LogP contribution in [0.2, 0.25) is 0 Å². The maximum atomic E-state index is 12.1. The number of rotatable bonds is 9. The van der Waals surface area contributed by atoms with Crippen LogP contribution in [0.1, 0.15) is 25.8 Å². The lowest BCUT2D eigenvalue weighted by Crippen LogP contribution is -2.38. The first-order valence-corrected chi connectivity index (χ1v) is 7.95. The highest BCUT2D eigenvalue weighted by Gasteiger charge is 2.30. The number of guanidine groups is 1. The summed E-state index contributed by atoms with van der Waals surface area (Å²) in [6.07, 6.45) is -3.58. The van der Waals surface area contributed by atoms with Gasteiger partial charge in [0.1, 0.15) is 5.75 Å². The van der Waals surface area contributed by atoms with Crippen molar-refractivity contribution in [1.82, 2.24) is 10.2 Å². The molecule has 1 rings (SSSR count). The number of aliphatic imine (C=N–C) groups is 1. The van der Waals surface area contributed by atoms with Crippen LogP contribution >= 0.6 is 24.0 Å². The second-order valence-electron chi connectivity index (χ2n) is 5.25. The van der Waals surface area contributed by atoms with Gasteiger partial charge in [-0.1, -0.05) is 26.0 Å². The molecule has 0 aliphatic rings. The third-order valence-electron chi connectivity index (χ3n) is 3.31. The molecule has 0 radical (unpaired) electrons. The average molecular weight is 474 g/mol.